The molecule has 2 heterocycles. The number of benzene rings is 8. The molecule has 0 unspecified atom stereocenters. The number of hydrogen-bond acceptors (Lipinski definition) is 0. The van der Waals surface area contributed by atoms with Crippen LogP contribution in [0.1, 0.15) is 11.1 Å². The smallest absolute Gasteiger partial charge is 0.309 e. The number of halogens is 6. The summed E-state index contributed by atoms with van der Waals surface area (Å²) in [5.74, 6) is 0. The molecule has 58 heavy (non-hydrogen) atoms. The standard InChI is InChI=1S/C50H30F6N2/c51-49(52,53)41-25-21-35(29-47(41)57-43-17-9-7-15-37(43)39-23-19-33(27-45(39)57)31-11-3-1-4-12-31)36-22-26-42(50(54,55)56)48(30-36)58-44-18-10-8-16-38(44)40-24-20-34(28-46(40)58)32-13-5-2-6-14-32/h1-30H. The first kappa shape index (κ1) is 35.4. The van der Waals surface area contributed by atoms with E-state index in [0.717, 1.165) is 55.9 Å². The second-order valence-corrected chi connectivity index (χ2v) is 14.4. The van der Waals surface area contributed by atoms with Crippen molar-refractivity contribution in [3.63, 3.8) is 0 Å². The van der Waals surface area contributed by atoms with Crippen LogP contribution in [-0.2, 0) is 12.4 Å². The molecule has 0 atom stereocenters. The number of alkyl halides is 6. The molecular weight excluding hydrogens is 743 g/mol. The van der Waals surface area contributed by atoms with E-state index < -0.39 is 23.5 Å². The maximum atomic E-state index is 15.1. The van der Waals surface area contributed by atoms with Gasteiger partial charge in [-0.3, -0.25) is 0 Å². The fourth-order valence-corrected chi connectivity index (χ4v) is 8.35. The first-order valence-corrected chi connectivity index (χ1v) is 18.7. The zero-order chi connectivity index (χ0) is 39.8. The number of fused-ring (bicyclic) bond motifs is 6. The van der Waals surface area contributed by atoms with E-state index in [1.807, 2.05) is 121 Å². The first-order chi connectivity index (χ1) is 28.0. The Morgan fingerprint density at radius 1 is 0.276 bits per heavy atom. The van der Waals surface area contributed by atoms with Gasteiger partial charge in [0.25, 0.3) is 0 Å². The SMILES string of the molecule is FC(F)(F)c1ccc(-c2ccc(C(F)(F)F)c(-n3c4ccccc4c4ccc(-c5ccccc5)cc43)c2)cc1-n1c2ccccc2c2ccc(-c3ccccc3)cc21. The van der Waals surface area contributed by atoms with E-state index in [-0.39, 0.29) is 11.4 Å². The van der Waals surface area contributed by atoms with Gasteiger partial charge in [-0.2, -0.15) is 26.3 Å². The number of aromatic nitrogens is 2. The van der Waals surface area contributed by atoms with E-state index in [9.17, 15) is 0 Å². The quantitative estimate of drug-likeness (QED) is 0.154. The lowest BCUT2D eigenvalue weighted by Crippen LogP contribution is -2.12. The molecule has 0 amide bonds. The molecular formula is C50H30F6N2. The largest absolute Gasteiger partial charge is 0.418 e. The average Bonchev–Trinajstić information content (AvgIpc) is 3.75. The van der Waals surface area contributed by atoms with Gasteiger partial charge in [-0.1, -0.05) is 133 Å². The van der Waals surface area contributed by atoms with Crippen LogP contribution in [0.4, 0.5) is 26.3 Å². The van der Waals surface area contributed by atoms with Gasteiger partial charge in [-0.25, -0.2) is 0 Å². The van der Waals surface area contributed by atoms with Crippen LogP contribution < -0.4 is 0 Å². The molecule has 10 aromatic rings. The molecule has 0 saturated carbocycles. The van der Waals surface area contributed by atoms with Crippen LogP contribution in [-0.4, -0.2) is 9.13 Å². The summed E-state index contributed by atoms with van der Waals surface area (Å²) in [7, 11) is 0. The van der Waals surface area contributed by atoms with Crippen LogP contribution in [0, 0.1) is 0 Å². The van der Waals surface area contributed by atoms with Crippen molar-refractivity contribution >= 4 is 43.6 Å². The van der Waals surface area contributed by atoms with Gasteiger partial charge in [0.05, 0.1) is 44.6 Å². The molecule has 10 rings (SSSR count). The Morgan fingerprint density at radius 2 is 0.603 bits per heavy atom. The summed E-state index contributed by atoms with van der Waals surface area (Å²) < 4.78 is 93.6. The monoisotopic (exact) mass is 772 g/mol. The third-order valence-corrected chi connectivity index (χ3v) is 11.0. The fraction of sp³-hybridized carbons (Fsp3) is 0.0400. The molecule has 8 heteroatoms. The minimum absolute atomic E-state index is 0.132. The molecule has 0 radical (unpaired) electrons. The van der Waals surface area contributed by atoms with Crippen molar-refractivity contribution in [1.82, 2.24) is 9.13 Å². The highest BCUT2D eigenvalue weighted by atomic mass is 19.4. The first-order valence-electron chi connectivity index (χ1n) is 18.7. The van der Waals surface area contributed by atoms with E-state index in [0.29, 0.717) is 33.2 Å². The van der Waals surface area contributed by atoms with E-state index in [2.05, 4.69) is 0 Å². The summed E-state index contributed by atoms with van der Waals surface area (Å²) in [6, 6.07) is 52.9. The van der Waals surface area contributed by atoms with Crippen LogP contribution >= 0.6 is 0 Å². The maximum absolute atomic E-state index is 15.1. The molecule has 0 saturated heterocycles. The Morgan fingerprint density at radius 3 is 1.00 bits per heavy atom. The molecule has 2 nitrogen and oxygen atoms in total. The van der Waals surface area contributed by atoms with Crippen LogP contribution in [0.15, 0.2) is 182 Å². The van der Waals surface area contributed by atoms with Crippen molar-refractivity contribution in [3.8, 4) is 44.8 Å². The van der Waals surface area contributed by atoms with Crippen molar-refractivity contribution in [3.05, 3.63) is 193 Å². The predicted octanol–water partition coefficient (Wildman–Crippen LogP) is 14.9. The highest BCUT2D eigenvalue weighted by Gasteiger charge is 2.37. The van der Waals surface area contributed by atoms with Crippen molar-refractivity contribution in [2.24, 2.45) is 0 Å². The minimum Gasteiger partial charge on any atom is -0.309 e. The van der Waals surface area contributed by atoms with Crippen LogP contribution in [0.25, 0.3) is 88.4 Å². The number of hydrogen-bond donors (Lipinski definition) is 0. The molecule has 0 bridgehead atoms. The predicted molar refractivity (Wildman–Crippen MR) is 221 cm³/mol. The third kappa shape index (κ3) is 5.83. The van der Waals surface area contributed by atoms with Gasteiger partial charge < -0.3 is 9.13 Å². The van der Waals surface area contributed by atoms with E-state index in [1.165, 1.54) is 24.3 Å². The number of para-hydroxylation sites is 2. The zero-order valence-corrected chi connectivity index (χ0v) is 30.5. The van der Waals surface area contributed by atoms with Gasteiger partial charge >= 0.3 is 12.4 Å². The summed E-state index contributed by atoms with van der Waals surface area (Å²) in [5.41, 5.74) is 4.40. The summed E-state index contributed by atoms with van der Waals surface area (Å²) in [5, 5.41) is 3.08. The average molecular weight is 773 g/mol. The highest BCUT2D eigenvalue weighted by molar-refractivity contribution is 6.11. The molecule has 0 aliphatic rings. The third-order valence-electron chi connectivity index (χ3n) is 11.0. The molecule has 8 aromatic carbocycles. The molecule has 0 aliphatic heterocycles. The van der Waals surface area contributed by atoms with E-state index in [4.69, 9.17) is 0 Å². The summed E-state index contributed by atoms with van der Waals surface area (Å²) in [6.07, 6.45) is -9.49. The van der Waals surface area contributed by atoms with Gasteiger partial charge in [-0.05, 0) is 81.9 Å². The Bertz CT molecular complexity index is 2970. The fourth-order valence-electron chi connectivity index (χ4n) is 8.35. The second-order valence-electron chi connectivity index (χ2n) is 14.4. The normalized spacial score (nSPS) is 12.3. The molecule has 2 aromatic heterocycles. The van der Waals surface area contributed by atoms with Crippen molar-refractivity contribution in [2.45, 2.75) is 12.4 Å². The summed E-state index contributed by atoms with van der Waals surface area (Å²) in [6.45, 7) is 0. The summed E-state index contributed by atoms with van der Waals surface area (Å²) >= 11 is 0. The molecule has 0 aliphatic carbocycles. The lowest BCUT2D eigenvalue weighted by atomic mass is 9.98. The Hall–Kier alpha value is -7.06. The topological polar surface area (TPSA) is 9.86 Å². The molecule has 0 fully saturated rings. The highest BCUT2D eigenvalue weighted by Crippen LogP contribution is 2.44. The minimum atomic E-state index is -4.74. The van der Waals surface area contributed by atoms with Crippen LogP contribution in [0.2, 0.25) is 0 Å². The van der Waals surface area contributed by atoms with Gasteiger partial charge in [0.1, 0.15) is 0 Å². The Labute approximate surface area is 328 Å². The van der Waals surface area contributed by atoms with Crippen molar-refractivity contribution in [1.29, 1.82) is 0 Å². The number of nitrogens with zero attached hydrogens (tertiary/aromatic N) is 2. The van der Waals surface area contributed by atoms with E-state index in [1.54, 1.807) is 33.4 Å². The van der Waals surface area contributed by atoms with Crippen molar-refractivity contribution in [2.75, 3.05) is 0 Å². The van der Waals surface area contributed by atoms with Crippen molar-refractivity contribution < 1.29 is 26.3 Å². The second kappa shape index (κ2) is 13.3. The van der Waals surface area contributed by atoms with Gasteiger partial charge in [0.15, 0.2) is 0 Å². The molecule has 0 N–H and O–H groups in total. The zero-order valence-electron chi connectivity index (χ0n) is 30.5. The maximum Gasteiger partial charge on any atom is 0.418 e. The van der Waals surface area contributed by atoms with E-state index >= 15 is 26.3 Å². The molecule has 0 spiro atoms. The summed E-state index contributed by atoms with van der Waals surface area (Å²) in [4.78, 5) is 0. The van der Waals surface area contributed by atoms with Crippen LogP contribution in [0.5, 0.6) is 0 Å². The van der Waals surface area contributed by atoms with Gasteiger partial charge in [0.2, 0.25) is 0 Å². The van der Waals surface area contributed by atoms with Gasteiger partial charge in [-0.15, -0.1) is 0 Å². The lowest BCUT2D eigenvalue weighted by molar-refractivity contribution is -0.138. The van der Waals surface area contributed by atoms with Gasteiger partial charge in [0, 0.05) is 21.5 Å². The Balaban J connectivity index is 1.23. The Kier molecular flexibility index (Phi) is 8.09. The molecule has 282 valence electrons. The number of rotatable bonds is 5. The van der Waals surface area contributed by atoms with Crippen LogP contribution in [0.3, 0.4) is 0 Å². The lowest BCUT2D eigenvalue weighted by Gasteiger charge is -2.20.